The maximum absolute atomic E-state index is 6.04. The van der Waals surface area contributed by atoms with E-state index in [1.165, 1.54) is 12.8 Å². The van der Waals surface area contributed by atoms with Crippen molar-refractivity contribution in [3.05, 3.63) is 58.7 Å². The third kappa shape index (κ3) is 6.84. The Morgan fingerprint density at radius 1 is 1.15 bits per heavy atom. The Morgan fingerprint density at radius 2 is 1.96 bits per heavy atom. The van der Waals surface area contributed by atoms with Gasteiger partial charge in [0.05, 0.1) is 6.54 Å². The first-order chi connectivity index (χ1) is 12.7. The van der Waals surface area contributed by atoms with E-state index in [4.69, 9.17) is 11.6 Å². The Bertz CT molecular complexity index is 729. The van der Waals surface area contributed by atoms with Crippen molar-refractivity contribution in [2.75, 3.05) is 24.5 Å². The Kier molecular flexibility index (Phi) is 9.14. The van der Waals surface area contributed by atoms with Gasteiger partial charge in [0.15, 0.2) is 5.96 Å². The predicted octanol–water partition coefficient (Wildman–Crippen LogP) is 4.21. The van der Waals surface area contributed by atoms with E-state index in [1.54, 1.807) is 0 Å². The maximum Gasteiger partial charge on any atom is 0.191 e. The molecular weight excluding hydrogens is 473 g/mol. The summed E-state index contributed by atoms with van der Waals surface area (Å²) in [6.45, 7) is 6.37. The van der Waals surface area contributed by atoms with E-state index in [0.29, 0.717) is 13.1 Å². The van der Waals surface area contributed by atoms with Crippen molar-refractivity contribution < 1.29 is 0 Å². The largest absolute Gasteiger partial charge is 0.357 e. The number of pyridine rings is 1. The molecule has 0 amide bonds. The lowest BCUT2D eigenvalue weighted by Crippen LogP contribution is -2.36. The second-order valence-corrected chi connectivity index (χ2v) is 6.83. The summed E-state index contributed by atoms with van der Waals surface area (Å²) in [4.78, 5) is 11.6. The smallest absolute Gasteiger partial charge is 0.191 e. The summed E-state index contributed by atoms with van der Waals surface area (Å²) < 4.78 is 0. The van der Waals surface area contributed by atoms with Crippen LogP contribution in [-0.4, -0.2) is 30.6 Å². The third-order valence-corrected chi connectivity index (χ3v) is 4.59. The van der Waals surface area contributed by atoms with E-state index in [1.807, 2.05) is 30.5 Å². The Morgan fingerprint density at radius 3 is 2.63 bits per heavy atom. The van der Waals surface area contributed by atoms with Gasteiger partial charge < -0.3 is 15.5 Å². The molecule has 0 bridgehead atoms. The second-order valence-electron chi connectivity index (χ2n) is 6.40. The fraction of sp³-hybridized carbons (Fsp3) is 0.400. The summed E-state index contributed by atoms with van der Waals surface area (Å²) in [5.74, 6) is 1.86. The molecular formula is C20H27ClIN5. The average Bonchev–Trinajstić information content (AvgIpc) is 3.19. The molecule has 146 valence electrons. The fourth-order valence-corrected chi connectivity index (χ4v) is 3.20. The minimum atomic E-state index is 0. The predicted molar refractivity (Wildman–Crippen MR) is 124 cm³/mol. The summed E-state index contributed by atoms with van der Waals surface area (Å²) in [5.41, 5.74) is 2.23. The number of aromatic nitrogens is 1. The zero-order valence-corrected chi connectivity index (χ0v) is 18.7. The Balaban J connectivity index is 0.00000261. The normalized spacial score (nSPS) is 14.0. The van der Waals surface area contributed by atoms with E-state index in [9.17, 15) is 0 Å². The summed E-state index contributed by atoms with van der Waals surface area (Å²) >= 11 is 6.04. The van der Waals surface area contributed by atoms with Crippen LogP contribution in [0.3, 0.4) is 0 Å². The molecule has 2 heterocycles. The summed E-state index contributed by atoms with van der Waals surface area (Å²) in [7, 11) is 0. The van der Waals surface area contributed by atoms with Gasteiger partial charge >= 0.3 is 0 Å². The summed E-state index contributed by atoms with van der Waals surface area (Å²) in [5, 5.41) is 7.36. The van der Waals surface area contributed by atoms with Gasteiger partial charge in [0.2, 0.25) is 0 Å². The first-order valence-corrected chi connectivity index (χ1v) is 9.59. The molecule has 0 radical (unpaired) electrons. The molecule has 1 aromatic heterocycles. The highest BCUT2D eigenvalue weighted by Gasteiger charge is 2.12. The molecule has 1 fully saturated rings. The highest BCUT2D eigenvalue weighted by molar-refractivity contribution is 14.0. The monoisotopic (exact) mass is 499 g/mol. The second kappa shape index (κ2) is 11.3. The van der Waals surface area contributed by atoms with Crippen LogP contribution < -0.4 is 15.5 Å². The van der Waals surface area contributed by atoms with E-state index in [0.717, 1.165) is 47.6 Å². The first-order valence-electron chi connectivity index (χ1n) is 9.21. The lowest BCUT2D eigenvalue weighted by atomic mass is 10.2. The molecule has 1 aliphatic heterocycles. The van der Waals surface area contributed by atoms with Crippen molar-refractivity contribution in [1.29, 1.82) is 0 Å². The molecule has 0 atom stereocenters. The SMILES string of the molecule is CCNC(=NCc1ccc(N2CCCC2)nc1)NCc1cccc(Cl)c1.I. The number of nitrogens with zero attached hydrogens (tertiary/aromatic N) is 3. The van der Waals surface area contributed by atoms with E-state index >= 15 is 0 Å². The van der Waals surface area contributed by atoms with Gasteiger partial charge in [-0.2, -0.15) is 0 Å². The molecule has 0 spiro atoms. The Hall–Kier alpha value is -1.54. The van der Waals surface area contributed by atoms with Gasteiger partial charge in [-0.3, -0.25) is 0 Å². The quantitative estimate of drug-likeness (QED) is 0.355. The number of hydrogen-bond acceptors (Lipinski definition) is 3. The Labute approximate surface area is 183 Å². The molecule has 0 saturated carbocycles. The molecule has 2 N–H and O–H groups in total. The zero-order chi connectivity index (χ0) is 18.2. The molecule has 1 saturated heterocycles. The molecule has 7 heteroatoms. The maximum atomic E-state index is 6.04. The number of rotatable bonds is 6. The number of anilines is 1. The molecule has 0 aliphatic carbocycles. The van der Waals surface area contributed by atoms with Gasteiger partial charge in [-0.1, -0.05) is 29.8 Å². The van der Waals surface area contributed by atoms with Gasteiger partial charge in [-0.25, -0.2) is 9.98 Å². The van der Waals surface area contributed by atoms with Crippen LogP contribution in [-0.2, 0) is 13.1 Å². The van der Waals surface area contributed by atoms with E-state index in [2.05, 4.69) is 44.6 Å². The number of nitrogens with one attached hydrogen (secondary N) is 2. The van der Waals surface area contributed by atoms with E-state index in [-0.39, 0.29) is 24.0 Å². The highest BCUT2D eigenvalue weighted by atomic mass is 127. The van der Waals surface area contributed by atoms with Gasteiger partial charge in [-0.15, -0.1) is 24.0 Å². The molecule has 5 nitrogen and oxygen atoms in total. The van der Waals surface area contributed by atoms with Crippen LogP contribution in [0.4, 0.5) is 5.82 Å². The standard InChI is InChI=1S/C20H26ClN5.HI/c1-2-22-20(24-13-16-6-5-7-18(21)12-16)25-15-17-8-9-19(23-14-17)26-10-3-4-11-26;/h5-9,12,14H,2-4,10-11,13,15H2,1H3,(H2,22,24,25);1H. The molecule has 1 aliphatic rings. The fourth-order valence-electron chi connectivity index (χ4n) is 2.99. The molecule has 3 rings (SSSR count). The van der Waals surface area contributed by atoms with Gasteiger partial charge in [-0.05, 0) is 49.1 Å². The van der Waals surface area contributed by atoms with E-state index < -0.39 is 0 Å². The van der Waals surface area contributed by atoms with Crippen molar-refractivity contribution in [3.63, 3.8) is 0 Å². The van der Waals surface area contributed by atoms with Crippen molar-refractivity contribution in [2.24, 2.45) is 4.99 Å². The third-order valence-electron chi connectivity index (χ3n) is 4.35. The number of halogens is 2. The minimum Gasteiger partial charge on any atom is -0.357 e. The van der Waals surface area contributed by atoms with Gasteiger partial charge in [0.25, 0.3) is 0 Å². The first kappa shape index (κ1) is 21.8. The van der Waals surface area contributed by atoms with Crippen LogP contribution in [0, 0.1) is 0 Å². The van der Waals surface area contributed by atoms with Crippen LogP contribution in [0.15, 0.2) is 47.6 Å². The van der Waals surface area contributed by atoms with Crippen LogP contribution in [0.25, 0.3) is 0 Å². The summed E-state index contributed by atoms with van der Waals surface area (Å²) in [6.07, 6.45) is 4.45. The van der Waals surface area contributed by atoms with Gasteiger partial charge in [0, 0.05) is 37.4 Å². The molecule has 0 unspecified atom stereocenters. The lowest BCUT2D eigenvalue weighted by molar-refractivity contribution is 0.815. The van der Waals surface area contributed by atoms with Crippen molar-refractivity contribution in [1.82, 2.24) is 15.6 Å². The topological polar surface area (TPSA) is 52.6 Å². The van der Waals surface area contributed by atoms with Crippen LogP contribution in [0.2, 0.25) is 5.02 Å². The zero-order valence-electron chi connectivity index (χ0n) is 15.6. The number of benzene rings is 1. The van der Waals surface area contributed by atoms with Crippen molar-refractivity contribution in [2.45, 2.75) is 32.9 Å². The van der Waals surface area contributed by atoms with Gasteiger partial charge in [0.1, 0.15) is 5.82 Å². The average molecular weight is 500 g/mol. The van der Waals surface area contributed by atoms with Crippen LogP contribution in [0.5, 0.6) is 0 Å². The number of aliphatic imine (C=N–C) groups is 1. The molecule has 2 aromatic rings. The van der Waals surface area contributed by atoms with Crippen LogP contribution >= 0.6 is 35.6 Å². The lowest BCUT2D eigenvalue weighted by Gasteiger charge is -2.16. The number of hydrogen-bond donors (Lipinski definition) is 2. The number of guanidine groups is 1. The minimum absolute atomic E-state index is 0. The van der Waals surface area contributed by atoms with Crippen molar-refractivity contribution in [3.8, 4) is 0 Å². The van der Waals surface area contributed by atoms with Crippen molar-refractivity contribution >= 4 is 47.4 Å². The molecule has 27 heavy (non-hydrogen) atoms. The molecule has 1 aromatic carbocycles. The van der Waals surface area contributed by atoms with Crippen LogP contribution in [0.1, 0.15) is 30.9 Å². The highest BCUT2D eigenvalue weighted by Crippen LogP contribution is 2.17. The summed E-state index contributed by atoms with van der Waals surface area (Å²) in [6, 6.07) is 12.1.